The van der Waals surface area contributed by atoms with Gasteiger partial charge in [0.15, 0.2) is 5.13 Å². The Morgan fingerprint density at radius 3 is 2.73 bits per heavy atom. The Morgan fingerprint density at radius 2 is 2.04 bits per heavy atom. The highest BCUT2D eigenvalue weighted by molar-refractivity contribution is 7.14. The van der Waals surface area contributed by atoms with Crippen LogP contribution in [-0.2, 0) is 11.2 Å². The number of rotatable bonds is 4. The average molecular weight is 417 g/mol. The molecular weight excluding hydrogens is 395 g/mol. The standard InChI is InChI=1S/C17H20N4O2S.2ClH/c1-12-10-18-7-8-21(12)15(22)9-14-11-24-17(19-14)20-16(23)13-5-3-2-4-6-13;;/h2-6,11-12,18H,7-10H2,1H3,(H,19,20,23);2*1H/t12-;;/m1../s1. The fourth-order valence-corrected chi connectivity index (χ4v) is 3.38. The molecule has 3 rings (SSSR count). The summed E-state index contributed by atoms with van der Waals surface area (Å²) in [4.78, 5) is 30.8. The minimum absolute atomic E-state index is 0. The van der Waals surface area contributed by atoms with Crippen LogP contribution in [0.25, 0.3) is 0 Å². The number of benzene rings is 1. The Kier molecular flexibility index (Phi) is 9.01. The fraction of sp³-hybridized carbons (Fsp3) is 0.353. The number of carbonyl (C=O) groups is 2. The van der Waals surface area contributed by atoms with Crippen molar-refractivity contribution in [2.75, 3.05) is 25.0 Å². The van der Waals surface area contributed by atoms with E-state index in [1.165, 1.54) is 11.3 Å². The maximum absolute atomic E-state index is 12.4. The zero-order valence-electron chi connectivity index (χ0n) is 14.3. The van der Waals surface area contributed by atoms with Crippen LogP contribution in [0.2, 0.25) is 0 Å². The number of hydrogen-bond donors (Lipinski definition) is 2. The molecule has 0 unspecified atom stereocenters. The molecule has 1 aliphatic rings. The summed E-state index contributed by atoms with van der Waals surface area (Å²) in [6.07, 6.45) is 0.266. The molecule has 0 aliphatic carbocycles. The van der Waals surface area contributed by atoms with Crippen LogP contribution >= 0.6 is 36.2 Å². The lowest BCUT2D eigenvalue weighted by molar-refractivity contribution is -0.133. The van der Waals surface area contributed by atoms with Crippen molar-refractivity contribution < 1.29 is 9.59 Å². The zero-order chi connectivity index (χ0) is 16.9. The molecule has 2 heterocycles. The van der Waals surface area contributed by atoms with Gasteiger partial charge in [-0.1, -0.05) is 18.2 Å². The first kappa shape index (κ1) is 22.4. The van der Waals surface area contributed by atoms with Gasteiger partial charge in [0.1, 0.15) is 0 Å². The number of hydrogen-bond acceptors (Lipinski definition) is 5. The van der Waals surface area contributed by atoms with Gasteiger partial charge in [0.2, 0.25) is 5.91 Å². The van der Waals surface area contributed by atoms with Gasteiger partial charge in [-0.15, -0.1) is 36.2 Å². The highest BCUT2D eigenvalue weighted by Gasteiger charge is 2.23. The third-order valence-electron chi connectivity index (χ3n) is 3.96. The smallest absolute Gasteiger partial charge is 0.257 e. The maximum atomic E-state index is 12.4. The summed E-state index contributed by atoms with van der Waals surface area (Å²) in [5.41, 5.74) is 1.28. The molecule has 1 fully saturated rings. The highest BCUT2D eigenvalue weighted by Crippen LogP contribution is 2.18. The number of carbonyl (C=O) groups excluding carboxylic acids is 2. The Bertz CT molecular complexity index is 727. The van der Waals surface area contributed by atoms with Gasteiger partial charge in [-0.25, -0.2) is 4.98 Å². The zero-order valence-corrected chi connectivity index (χ0v) is 16.8. The van der Waals surface area contributed by atoms with E-state index in [1.54, 1.807) is 12.1 Å². The first-order chi connectivity index (χ1) is 11.6. The van der Waals surface area contributed by atoms with Gasteiger partial charge in [-0.2, -0.15) is 0 Å². The number of amides is 2. The van der Waals surface area contributed by atoms with Gasteiger partial charge in [0.05, 0.1) is 12.1 Å². The van der Waals surface area contributed by atoms with Crippen LogP contribution in [-0.4, -0.2) is 47.4 Å². The lowest BCUT2D eigenvalue weighted by Gasteiger charge is -2.33. The monoisotopic (exact) mass is 416 g/mol. The highest BCUT2D eigenvalue weighted by atomic mass is 35.5. The summed E-state index contributed by atoms with van der Waals surface area (Å²) >= 11 is 1.34. The van der Waals surface area contributed by atoms with Crippen LogP contribution in [0.1, 0.15) is 23.0 Å². The van der Waals surface area contributed by atoms with E-state index in [0.29, 0.717) is 16.4 Å². The van der Waals surface area contributed by atoms with E-state index in [9.17, 15) is 9.59 Å². The van der Waals surface area contributed by atoms with Gasteiger partial charge < -0.3 is 10.2 Å². The first-order valence-corrected chi connectivity index (χ1v) is 8.82. The van der Waals surface area contributed by atoms with E-state index in [2.05, 4.69) is 15.6 Å². The van der Waals surface area contributed by atoms with Crippen molar-refractivity contribution in [3.05, 3.63) is 47.0 Å². The number of anilines is 1. The Labute approximate surface area is 169 Å². The molecule has 142 valence electrons. The lowest BCUT2D eigenvalue weighted by atomic mass is 10.2. The third kappa shape index (κ3) is 5.67. The van der Waals surface area contributed by atoms with Crippen molar-refractivity contribution in [2.24, 2.45) is 0 Å². The number of halogens is 2. The van der Waals surface area contributed by atoms with Crippen LogP contribution < -0.4 is 10.6 Å². The van der Waals surface area contributed by atoms with Crippen molar-refractivity contribution >= 4 is 53.1 Å². The minimum Gasteiger partial charge on any atom is -0.337 e. The molecule has 0 radical (unpaired) electrons. The molecule has 1 aliphatic heterocycles. The van der Waals surface area contributed by atoms with Crippen molar-refractivity contribution in [3.63, 3.8) is 0 Å². The normalized spacial score (nSPS) is 16.2. The maximum Gasteiger partial charge on any atom is 0.257 e. The molecule has 0 saturated carbocycles. The van der Waals surface area contributed by atoms with Crippen LogP contribution in [0.4, 0.5) is 5.13 Å². The second kappa shape index (κ2) is 10.5. The molecule has 2 aromatic rings. The number of nitrogens with one attached hydrogen (secondary N) is 2. The largest absolute Gasteiger partial charge is 0.337 e. The molecule has 1 aromatic carbocycles. The third-order valence-corrected chi connectivity index (χ3v) is 4.77. The van der Waals surface area contributed by atoms with Crippen LogP contribution in [0.3, 0.4) is 0 Å². The number of nitrogens with zero attached hydrogens (tertiary/aromatic N) is 2. The van der Waals surface area contributed by atoms with E-state index in [0.717, 1.165) is 19.6 Å². The van der Waals surface area contributed by atoms with Crippen LogP contribution in [0.15, 0.2) is 35.7 Å². The van der Waals surface area contributed by atoms with Crippen LogP contribution in [0, 0.1) is 0 Å². The predicted octanol–water partition coefficient (Wildman–Crippen LogP) is 2.60. The van der Waals surface area contributed by atoms with Crippen LogP contribution in [0.5, 0.6) is 0 Å². The van der Waals surface area contributed by atoms with E-state index in [4.69, 9.17) is 0 Å². The summed E-state index contributed by atoms with van der Waals surface area (Å²) in [7, 11) is 0. The van der Waals surface area contributed by atoms with Gasteiger partial charge in [-0.3, -0.25) is 14.9 Å². The lowest BCUT2D eigenvalue weighted by Crippen LogP contribution is -2.52. The van der Waals surface area contributed by atoms with Crippen molar-refractivity contribution in [1.29, 1.82) is 0 Å². The quantitative estimate of drug-likeness (QED) is 0.802. The van der Waals surface area contributed by atoms with Gasteiger partial charge in [0, 0.05) is 36.6 Å². The predicted molar refractivity (Wildman–Crippen MR) is 109 cm³/mol. The molecule has 0 bridgehead atoms. The second-order valence-corrected chi connectivity index (χ2v) is 6.64. The topological polar surface area (TPSA) is 74.3 Å². The van der Waals surface area contributed by atoms with Crippen molar-refractivity contribution in [3.8, 4) is 0 Å². The second-order valence-electron chi connectivity index (χ2n) is 5.78. The van der Waals surface area contributed by atoms with Gasteiger partial charge in [-0.05, 0) is 19.1 Å². The summed E-state index contributed by atoms with van der Waals surface area (Å²) in [6, 6.07) is 9.19. The molecule has 9 heteroatoms. The summed E-state index contributed by atoms with van der Waals surface area (Å²) in [6.45, 7) is 4.41. The Balaban J connectivity index is 0.00000169. The first-order valence-electron chi connectivity index (χ1n) is 7.94. The fourth-order valence-electron chi connectivity index (χ4n) is 2.67. The molecule has 26 heavy (non-hydrogen) atoms. The average Bonchev–Trinajstić information content (AvgIpc) is 3.02. The van der Waals surface area contributed by atoms with Crippen molar-refractivity contribution in [2.45, 2.75) is 19.4 Å². The minimum atomic E-state index is -0.196. The molecular formula is C17H22Cl2N4O2S. The molecule has 1 saturated heterocycles. The molecule has 1 aromatic heterocycles. The van der Waals surface area contributed by atoms with Gasteiger partial charge in [0.25, 0.3) is 5.91 Å². The SMILES string of the molecule is C[C@@H]1CNCCN1C(=O)Cc1csc(NC(=O)c2ccccc2)n1.Cl.Cl. The summed E-state index contributed by atoms with van der Waals surface area (Å²) < 4.78 is 0. The van der Waals surface area contributed by atoms with Crippen molar-refractivity contribution in [1.82, 2.24) is 15.2 Å². The number of thiazole rings is 1. The summed E-state index contributed by atoms with van der Waals surface area (Å²) in [5.74, 6) is -0.117. The van der Waals surface area contributed by atoms with Gasteiger partial charge >= 0.3 is 0 Å². The molecule has 6 nitrogen and oxygen atoms in total. The van der Waals surface area contributed by atoms with E-state index in [1.807, 2.05) is 35.4 Å². The van der Waals surface area contributed by atoms with E-state index in [-0.39, 0.29) is 49.1 Å². The summed E-state index contributed by atoms with van der Waals surface area (Å²) in [5, 5.41) is 8.38. The molecule has 0 spiro atoms. The molecule has 2 amide bonds. The van der Waals surface area contributed by atoms with E-state index >= 15 is 0 Å². The van der Waals surface area contributed by atoms with E-state index < -0.39 is 0 Å². The Morgan fingerprint density at radius 1 is 1.31 bits per heavy atom. The Hall–Kier alpha value is -1.67. The number of aromatic nitrogens is 1. The number of piperazine rings is 1. The molecule has 2 N–H and O–H groups in total. The molecule has 1 atom stereocenters.